The number of halogens is 1. The number of rotatable bonds is 13. The van der Waals surface area contributed by atoms with E-state index in [0.717, 1.165) is 56.5 Å². The molecule has 2 N–H and O–H groups in total. The summed E-state index contributed by atoms with van der Waals surface area (Å²) in [5.74, 6) is 1.70. The first-order chi connectivity index (χ1) is 13.0. The molecule has 0 fully saturated rings. The Hall–Kier alpha value is -1.10. The maximum atomic E-state index is 5.79. The first-order valence-electron chi connectivity index (χ1n) is 9.53. The van der Waals surface area contributed by atoms with Gasteiger partial charge < -0.3 is 29.9 Å². The highest BCUT2D eigenvalue weighted by Gasteiger charge is 2.02. The Bertz CT molecular complexity index is 543. The van der Waals surface area contributed by atoms with E-state index in [4.69, 9.17) is 9.47 Å². The first-order valence-corrected chi connectivity index (χ1v) is 9.53. The zero-order chi connectivity index (χ0) is 19.9. The maximum Gasteiger partial charge on any atom is 0.191 e. The quantitative estimate of drug-likeness (QED) is 0.184. The molecule has 0 amide bonds. The van der Waals surface area contributed by atoms with Crippen molar-refractivity contribution in [3.05, 3.63) is 29.8 Å². The Morgan fingerprint density at radius 3 is 2.54 bits per heavy atom. The number of likely N-dealkylation sites (N-methyl/N-ethyl adjacent to an activating group) is 2. The van der Waals surface area contributed by atoms with E-state index in [0.29, 0.717) is 13.2 Å². The number of nitrogens with one attached hydrogen (secondary N) is 2. The minimum atomic E-state index is 0. The second-order valence-electron chi connectivity index (χ2n) is 6.80. The van der Waals surface area contributed by atoms with Gasteiger partial charge in [-0.1, -0.05) is 12.1 Å². The van der Waals surface area contributed by atoms with Crippen LogP contribution in [0.2, 0.25) is 0 Å². The number of hydrogen-bond donors (Lipinski definition) is 2. The van der Waals surface area contributed by atoms with Crippen LogP contribution in [0.5, 0.6) is 5.75 Å². The van der Waals surface area contributed by atoms with E-state index in [1.807, 2.05) is 26.2 Å². The van der Waals surface area contributed by atoms with Crippen molar-refractivity contribution in [3.63, 3.8) is 0 Å². The summed E-state index contributed by atoms with van der Waals surface area (Å²) in [4.78, 5) is 8.68. The summed E-state index contributed by atoms with van der Waals surface area (Å²) >= 11 is 0. The lowest BCUT2D eigenvalue weighted by molar-refractivity contribution is 0.180. The average Bonchev–Trinajstić information content (AvgIpc) is 2.65. The molecule has 0 atom stereocenters. The van der Waals surface area contributed by atoms with Crippen LogP contribution >= 0.6 is 24.0 Å². The maximum absolute atomic E-state index is 5.79. The molecular weight excluding hydrogens is 469 g/mol. The van der Waals surface area contributed by atoms with Crippen molar-refractivity contribution in [2.75, 3.05) is 74.7 Å². The van der Waals surface area contributed by atoms with Crippen LogP contribution in [-0.4, -0.2) is 90.5 Å². The van der Waals surface area contributed by atoms with Gasteiger partial charge in [-0.05, 0) is 45.3 Å². The van der Waals surface area contributed by atoms with E-state index >= 15 is 0 Å². The molecule has 0 bridgehead atoms. The Morgan fingerprint density at radius 2 is 1.86 bits per heavy atom. The van der Waals surface area contributed by atoms with E-state index < -0.39 is 0 Å². The second-order valence-corrected chi connectivity index (χ2v) is 6.80. The van der Waals surface area contributed by atoms with Crippen LogP contribution in [0.25, 0.3) is 0 Å². The molecule has 0 spiro atoms. The summed E-state index contributed by atoms with van der Waals surface area (Å²) in [5.41, 5.74) is 1.16. The summed E-state index contributed by atoms with van der Waals surface area (Å²) in [7, 11) is 9.73. The number of nitrogens with zero attached hydrogens (tertiary/aromatic N) is 3. The van der Waals surface area contributed by atoms with Gasteiger partial charge in [-0.15, -0.1) is 24.0 Å². The lowest BCUT2D eigenvalue weighted by Gasteiger charge is -2.18. The van der Waals surface area contributed by atoms with E-state index in [2.05, 4.69) is 44.6 Å². The molecule has 7 nitrogen and oxygen atoms in total. The molecule has 0 saturated heterocycles. The number of ether oxygens (including phenoxy) is 2. The van der Waals surface area contributed by atoms with Gasteiger partial charge in [0.1, 0.15) is 12.4 Å². The summed E-state index contributed by atoms with van der Waals surface area (Å²) in [6.07, 6.45) is 1.05. The SMILES string of the molecule is CN=C(NCCN(C)CCCOC)NCc1cccc(OCCN(C)C)c1.I. The van der Waals surface area contributed by atoms with Gasteiger partial charge in [-0.2, -0.15) is 0 Å². The number of guanidine groups is 1. The first kappa shape index (κ1) is 26.9. The van der Waals surface area contributed by atoms with Crippen molar-refractivity contribution in [2.24, 2.45) is 4.99 Å². The fraction of sp³-hybridized carbons (Fsp3) is 0.650. The average molecular weight is 507 g/mol. The van der Waals surface area contributed by atoms with Gasteiger partial charge in [0.25, 0.3) is 0 Å². The van der Waals surface area contributed by atoms with Gasteiger partial charge in [0, 0.05) is 53.5 Å². The number of aliphatic imine (C=N–C) groups is 1. The van der Waals surface area contributed by atoms with Gasteiger partial charge in [-0.25, -0.2) is 0 Å². The van der Waals surface area contributed by atoms with Gasteiger partial charge in [0.15, 0.2) is 5.96 Å². The predicted octanol–water partition coefficient (Wildman–Crippen LogP) is 1.88. The van der Waals surface area contributed by atoms with Gasteiger partial charge in [0.05, 0.1) is 0 Å². The summed E-state index contributed by atoms with van der Waals surface area (Å²) < 4.78 is 10.9. The molecule has 162 valence electrons. The monoisotopic (exact) mass is 507 g/mol. The molecule has 1 rings (SSSR count). The van der Waals surface area contributed by atoms with Crippen molar-refractivity contribution >= 4 is 29.9 Å². The molecule has 0 radical (unpaired) electrons. The van der Waals surface area contributed by atoms with E-state index in [-0.39, 0.29) is 24.0 Å². The number of hydrogen-bond acceptors (Lipinski definition) is 5. The van der Waals surface area contributed by atoms with Crippen molar-refractivity contribution < 1.29 is 9.47 Å². The molecule has 0 aromatic heterocycles. The number of benzene rings is 1. The largest absolute Gasteiger partial charge is 0.492 e. The van der Waals surface area contributed by atoms with E-state index in [1.165, 1.54) is 0 Å². The third-order valence-electron chi connectivity index (χ3n) is 4.06. The third-order valence-corrected chi connectivity index (χ3v) is 4.06. The van der Waals surface area contributed by atoms with Crippen molar-refractivity contribution in [3.8, 4) is 5.75 Å². The standard InChI is InChI=1S/C20H37N5O2.HI/c1-21-20(22-10-12-25(4)11-7-14-26-5)23-17-18-8-6-9-19(16-18)27-15-13-24(2)3;/h6,8-9,16H,7,10-15,17H2,1-5H3,(H2,21,22,23);1H. The van der Waals surface area contributed by atoms with Crippen LogP contribution in [0.1, 0.15) is 12.0 Å². The van der Waals surface area contributed by atoms with Crippen molar-refractivity contribution in [2.45, 2.75) is 13.0 Å². The molecule has 1 aromatic rings. The fourth-order valence-corrected chi connectivity index (χ4v) is 2.45. The summed E-state index contributed by atoms with van der Waals surface area (Å²) in [5, 5.41) is 6.70. The van der Waals surface area contributed by atoms with Gasteiger partial charge in [-0.3, -0.25) is 4.99 Å². The molecule has 0 aliphatic carbocycles. The zero-order valence-corrected chi connectivity index (χ0v) is 20.4. The Balaban J connectivity index is 0.00000729. The number of methoxy groups -OCH3 is 1. The van der Waals surface area contributed by atoms with E-state index in [9.17, 15) is 0 Å². The molecule has 0 saturated carbocycles. The lowest BCUT2D eigenvalue weighted by Crippen LogP contribution is -2.40. The fourth-order valence-electron chi connectivity index (χ4n) is 2.45. The Morgan fingerprint density at radius 1 is 1.07 bits per heavy atom. The predicted molar refractivity (Wildman–Crippen MR) is 128 cm³/mol. The molecule has 1 aromatic carbocycles. The summed E-state index contributed by atoms with van der Waals surface area (Å²) in [6.45, 7) is 5.93. The van der Waals surface area contributed by atoms with Crippen LogP contribution in [0, 0.1) is 0 Å². The summed E-state index contributed by atoms with van der Waals surface area (Å²) in [6, 6.07) is 8.17. The van der Waals surface area contributed by atoms with E-state index in [1.54, 1.807) is 14.2 Å². The molecular formula is C20H38IN5O2. The normalized spacial score (nSPS) is 11.5. The van der Waals surface area contributed by atoms with Gasteiger partial charge in [0.2, 0.25) is 0 Å². The minimum absolute atomic E-state index is 0. The molecule has 0 aliphatic rings. The molecule has 0 unspecified atom stereocenters. The Labute approximate surface area is 187 Å². The molecule has 0 heterocycles. The van der Waals surface area contributed by atoms with Crippen molar-refractivity contribution in [1.82, 2.24) is 20.4 Å². The lowest BCUT2D eigenvalue weighted by atomic mass is 10.2. The van der Waals surface area contributed by atoms with Crippen LogP contribution < -0.4 is 15.4 Å². The highest BCUT2D eigenvalue weighted by atomic mass is 127. The van der Waals surface area contributed by atoms with Crippen LogP contribution in [0.4, 0.5) is 0 Å². The molecule has 0 aliphatic heterocycles. The van der Waals surface area contributed by atoms with Crippen LogP contribution in [-0.2, 0) is 11.3 Å². The van der Waals surface area contributed by atoms with Crippen LogP contribution in [0.3, 0.4) is 0 Å². The highest BCUT2D eigenvalue weighted by molar-refractivity contribution is 14.0. The third kappa shape index (κ3) is 13.1. The highest BCUT2D eigenvalue weighted by Crippen LogP contribution is 2.13. The minimum Gasteiger partial charge on any atom is -0.492 e. The van der Waals surface area contributed by atoms with Crippen LogP contribution in [0.15, 0.2) is 29.3 Å². The smallest absolute Gasteiger partial charge is 0.191 e. The molecule has 28 heavy (non-hydrogen) atoms. The van der Waals surface area contributed by atoms with Crippen molar-refractivity contribution in [1.29, 1.82) is 0 Å². The zero-order valence-electron chi connectivity index (χ0n) is 18.0. The Kier molecular flexibility index (Phi) is 16.2. The van der Waals surface area contributed by atoms with Gasteiger partial charge >= 0.3 is 0 Å². The molecule has 8 heteroatoms. The topological polar surface area (TPSA) is 61.4 Å². The second kappa shape index (κ2) is 16.8.